The van der Waals surface area contributed by atoms with E-state index in [0.717, 1.165) is 12.8 Å². The SMILES string of the molecule is O=C(c1ccc(Cl)cc1)N1CCCC(c2nn(-c3ccc(F)cc3)c(=O)[nH]2)C1. The molecule has 4 rings (SSSR count). The molecule has 144 valence electrons. The van der Waals surface area contributed by atoms with Crippen molar-refractivity contribution in [2.24, 2.45) is 0 Å². The van der Waals surface area contributed by atoms with Crippen LogP contribution in [0.5, 0.6) is 0 Å². The van der Waals surface area contributed by atoms with Crippen molar-refractivity contribution in [2.75, 3.05) is 13.1 Å². The second-order valence-corrected chi connectivity index (χ2v) is 7.24. The first kappa shape index (κ1) is 18.4. The van der Waals surface area contributed by atoms with E-state index in [1.807, 2.05) is 0 Å². The summed E-state index contributed by atoms with van der Waals surface area (Å²) >= 11 is 5.89. The highest BCUT2D eigenvalue weighted by molar-refractivity contribution is 6.30. The van der Waals surface area contributed by atoms with Gasteiger partial charge in [-0.15, -0.1) is 5.10 Å². The summed E-state index contributed by atoms with van der Waals surface area (Å²) in [6, 6.07) is 12.4. The van der Waals surface area contributed by atoms with Crippen molar-refractivity contribution in [1.29, 1.82) is 0 Å². The number of H-pyrrole nitrogens is 1. The summed E-state index contributed by atoms with van der Waals surface area (Å²) in [5.74, 6) is 0.0141. The van der Waals surface area contributed by atoms with E-state index in [4.69, 9.17) is 11.6 Å². The summed E-state index contributed by atoms with van der Waals surface area (Å²) in [4.78, 5) is 29.6. The highest BCUT2D eigenvalue weighted by Crippen LogP contribution is 2.25. The van der Waals surface area contributed by atoms with Crippen LogP contribution in [0.4, 0.5) is 4.39 Å². The Bertz CT molecular complexity index is 1040. The molecule has 0 aliphatic carbocycles. The average Bonchev–Trinajstić information content (AvgIpc) is 3.10. The Morgan fingerprint density at radius 1 is 1.14 bits per heavy atom. The van der Waals surface area contributed by atoms with Crippen LogP contribution in [-0.4, -0.2) is 38.7 Å². The summed E-state index contributed by atoms with van der Waals surface area (Å²) in [5, 5.41) is 4.96. The maximum Gasteiger partial charge on any atom is 0.348 e. The molecular weight excluding hydrogens is 383 g/mol. The lowest BCUT2D eigenvalue weighted by atomic mass is 9.97. The maximum absolute atomic E-state index is 13.1. The number of nitrogens with one attached hydrogen (secondary N) is 1. The van der Waals surface area contributed by atoms with Crippen LogP contribution >= 0.6 is 11.6 Å². The Kier molecular flexibility index (Phi) is 5.00. The van der Waals surface area contributed by atoms with Gasteiger partial charge in [0.25, 0.3) is 5.91 Å². The minimum absolute atomic E-state index is 0.0679. The first-order valence-corrected chi connectivity index (χ1v) is 9.39. The van der Waals surface area contributed by atoms with E-state index in [0.29, 0.717) is 35.2 Å². The molecule has 1 atom stereocenters. The van der Waals surface area contributed by atoms with Crippen LogP contribution in [0.1, 0.15) is 34.9 Å². The van der Waals surface area contributed by atoms with Crippen LogP contribution in [0.25, 0.3) is 5.69 Å². The molecule has 1 N–H and O–H groups in total. The fraction of sp³-hybridized carbons (Fsp3) is 0.250. The predicted molar refractivity (Wildman–Crippen MR) is 103 cm³/mol. The van der Waals surface area contributed by atoms with E-state index < -0.39 is 0 Å². The second-order valence-electron chi connectivity index (χ2n) is 6.80. The van der Waals surface area contributed by atoms with E-state index in [9.17, 15) is 14.0 Å². The molecule has 2 aromatic carbocycles. The molecule has 1 aliphatic heterocycles. The zero-order valence-corrected chi connectivity index (χ0v) is 15.7. The van der Waals surface area contributed by atoms with Crippen molar-refractivity contribution in [3.8, 4) is 5.69 Å². The van der Waals surface area contributed by atoms with Gasteiger partial charge in [0.1, 0.15) is 11.6 Å². The summed E-state index contributed by atoms with van der Waals surface area (Å²) < 4.78 is 14.3. The number of rotatable bonds is 3. The summed E-state index contributed by atoms with van der Waals surface area (Å²) in [6.07, 6.45) is 1.64. The highest BCUT2D eigenvalue weighted by atomic mass is 35.5. The number of benzene rings is 2. The monoisotopic (exact) mass is 400 g/mol. The van der Waals surface area contributed by atoms with Gasteiger partial charge in [-0.25, -0.2) is 9.18 Å². The van der Waals surface area contributed by atoms with E-state index in [1.165, 1.54) is 28.9 Å². The number of hydrogen-bond acceptors (Lipinski definition) is 3. The van der Waals surface area contributed by atoms with Gasteiger partial charge in [-0.05, 0) is 61.4 Å². The summed E-state index contributed by atoms with van der Waals surface area (Å²) in [5.41, 5.74) is 0.678. The molecule has 0 radical (unpaired) electrons. The van der Waals surface area contributed by atoms with Crippen molar-refractivity contribution in [3.05, 3.63) is 81.2 Å². The fourth-order valence-electron chi connectivity index (χ4n) is 3.44. The van der Waals surface area contributed by atoms with Crippen molar-refractivity contribution in [1.82, 2.24) is 19.7 Å². The van der Waals surface area contributed by atoms with Crippen LogP contribution in [0.15, 0.2) is 53.3 Å². The molecule has 6 nitrogen and oxygen atoms in total. The number of halogens is 2. The van der Waals surface area contributed by atoms with Crippen LogP contribution in [-0.2, 0) is 0 Å². The highest BCUT2D eigenvalue weighted by Gasteiger charge is 2.28. The number of aromatic amines is 1. The Labute approximate surface area is 165 Å². The van der Waals surface area contributed by atoms with Gasteiger partial charge >= 0.3 is 5.69 Å². The fourth-order valence-corrected chi connectivity index (χ4v) is 3.57. The second kappa shape index (κ2) is 7.59. The molecule has 0 bridgehead atoms. The molecule has 3 aromatic rings. The molecule has 28 heavy (non-hydrogen) atoms. The van der Waals surface area contributed by atoms with Crippen molar-refractivity contribution in [3.63, 3.8) is 0 Å². The molecule has 2 heterocycles. The minimum Gasteiger partial charge on any atom is -0.338 e. The Morgan fingerprint density at radius 3 is 2.57 bits per heavy atom. The molecule has 1 fully saturated rings. The number of nitrogens with zero attached hydrogens (tertiary/aromatic N) is 3. The normalized spacial score (nSPS) is 16.9. The molecule has 0 saturated carbocycles. The number of carbonyl (C=O) groups is 1. The third-order valence-electron chi connectivity index (χ3n) is 4.89. The number of piperidine rings is 1. The zero-order valence-electron chi connectivity index (χ0n) is 14.9. The largest absolute Gasteiger partial charge is 0.348 e. The van der Waals surface area contributed by atoms with Crippen LogP contribution in [0.3, 0.4) is 0 Å². The lowest BCUT2D eigenvalue weighted by molar-refractivity contribution is 0.0704. The van der Waals surface area contributed by atoms with Crippen molar-refractivity contribution >= 4 is 17.5 Å². The van der Waals surface area contributed by atoms with E-state index in [2.05, 4.69) is 10.1 Å². The molecule has 1 saturated heterocycles. The molecule has 0 spiro atoms. The molecule has 1 aromatic heterocycles. The molecule has 1 amide bonds. The average molecular weight is 401 g/mol. The standard InChI is InChI=1S/C20H18ClFN4O2/c21-15-5-3-13(4-6-15)19(27)25-11-1-2-14(12-25)18-23-20(28)26(24-18)17-9-7-16(22)8-10-17/h3-10,14H,1-2,11-12H2,(H,23,24,28). The van der Waals surface area contributed by atoms with Gasteiger partial charge in [0, 0.05) is 29.6 Å². The lowest BCUT2D eigenvalue weighted by Gasteiger charge is -2.31. The third kappa shape index (κ3) is 3.71. The minimum atomic E-state index is -0.386. The van der Waals surface area contributed by atoms with Gasteiger partial charge in [0.2, 0.25) is 0 Å². The zero-order chi connectivity index (χ0) is 19.7. The van der Waals surface area contributed by atoms with Gasteiger partial charge in [-0.1, -0.05) is 11.6 Å². The smallest absolute Gasteiger partial charge is 0.338 e. The van der Waals surface area contributed by atoms with E-state index in [-0.39, 0.29) is 23.3 Å². The number of carbonyl (C=O) groups excluding carboxylic acids is 1. The van der Waals surface area contributed by atoms with E-state index >= 15 is 0 Å². The van der Waals surface area contributed by atoms with Crippen LogP contribution < -0.4 is 5.69 Å². The van der Waals surface area contributed by atoms with Crippen LogP contribution in [0.2, 0.25) is 5.02 Å². The van der Waals surface area contributed by atoms with Gasteiger partial charge in [0.15, 0.2) is 0 Å². The number of aromatic nitrogens is 3. The molecule has 8 heteroatoms. The lowest BCUT2D eigenvalue weighted by Crippen LogP contribution is -2.39. The molecule has 1 aliphatic rings. The van der Waals surface area contributed by atoms with Crippen LogP contribution in [0, 0.1) is 5.82 Å². The topological polar surface area (TPSA) is 71.0 Å². The molecule has 1 unspecified atom stereocenters. The predicted octanol–water partition coefficient (Wildman–Crippen LogP) is 3.37. The summed E-state index contributed by atoms with van der Waals surface area (Å²) in [7, 11) is 0. The Hall–Kier alpha value is -2.93. The quantitative estimate of drug-likeness (QED) is 0.732. The van der Waals surface area contributed by atoms with Gasteiger partial charge in [0.05, 0.1) is 5.69 Å². The van der Waals surface area contributed by atoms with E-state index in [1.54, 1.807) is 29.2 Å². The first-order chi connectivity index (χ1) is 13.5. The summed E-state index contributed by atoms with van der Waals surface area (Å²) in [6.45, 7) is 1.12. The number of hydrogen-bond donors (Lipinski definition) is 1. The van der Waals surface area contributed by atoms with Gasteiger partial charge in [-0.3, -0.25) is 9.78 Å². The Morgan fingerprint density at radius 2 is 1.86 bits per heavy atom. The van der Waals surface area contributed by atoms with Crippen molar-refractivity contribution < 1.29 is 9.18 Å². The number of likely N-dealkylation sites (tertiary alicyclic amines) is 1. The first-order valence-electron chi connectivity index (χ1n) is 9.01. The third-order valence-corrected chi connectivity index (χ3v) is 5.14. The van der Waals surface area contributed by atoms with Gasteiger partial charge < -0.3 is 4.90 Å². The Balaban J connectivity index is 1.54. The number of amides is 1. The van der Waals surface area contributed by atoms with Gasteiger partial charge in [-0.2, -0.15) is 4.68 Å². The molecular formula is C20H18ClFN4O2. The van der Waals surface area contributed by atoms with Crippen molar-refractivity contribution in [2.45, 2.75) is 18.8 Å². The maximum atomic E-state index is 13.1.